The van der Waals surface area contributed by atoms with Gasteiger partial charge in [-0.05, 0) is 6.42 Å². The van der Waals surface area contributed by atoms with E-state index < -0.39 is 35.1 Å². The van der Waals surface area contributed by atoms with E-state index in [2.05, 4.69) is 5.32 Å². The van der Waals surface area contributed by atoms with Gasteiger partial charge in [-0.15, -0.1) is 0 Å². The van der Waals surface area contributed by atoms with Gasteiger partial charge in [-0.2, -0.15) is 0 Å². The van der Waals surface area contributed by atoms with Crippen LogP contribution in [0.25, 0.3) is 0 Å². The highest BCUT2D eigenvalue weighted by Gasteiger charge is 2.17. The highest BCUT2D eigenvalue weighted by Crippen LogP contribution is 2.19. The van der Waals surface area contributed by atoms with Crippen molar-refractivity contribution in [3.63, 3.8) is 0 Å². The fourth-order valence-corrected chi connectivity index (χ4v) is 1.31. The van der Waals surface area contributed by atoms with Crippen LogP contribution in [-0.4, -0.2) is 11.9 Å². The molecule has 0 aliphatic heterocycles. The first-order valence-corrected chi connectivity index (χ1v) is 5.16. The predicted octanol–water partition coefficient (Wildman–Crippen LogP) is 2.17. The summed E-state index contributed by atoms with van der Waals surface area (Å²) in [6.45, 7) is 1.83. The Balaban J connectivity index is 2.85. The van der Waals surface area contributed by atoms with Gasteiger partial charge in [0, 0.05) is 12.1 Å². The summed E-state index contributed by atoms with van der Waals surface area (Å²) in [5, 5.41) is 2.06. The van der Waals surface area contributed by atoms with Crippen molar-refractivity contribution in [2.24, 2.45) is 5.73 Å². The molecule has 0 bridgehead atoms. The molecule has 0 fully saturated rings. The lowest BCUT2D eigenvalue weighted by Crippen LogP contribution is -2.35. The molecule has 0 heterocycles. The van der Waals surface area contributed by atoms with Crippen LogP contribution in [-0.2, 0) is 4.79 Å². The van der Waals surface area contributed by atoms with Gasteiger partial charge in [0.05, 0.1) is 11.7 Å². The molecule has 17 heavy (non-hydrogen) atoms. The van der Waals surface area contributed by atoms with Crippen LogP contribution in [0.15, 0.2) is 12.1 Å². The Labute approximate surface area is 96.8 Å². The second kappa shape index (κ2) is 5.67. The quantitative estimate of drug-likeness (QED) is 0.800. The molecule has 3 N–H and O–H groups in total. The molecule has 0 aliphatic rings. The minimum atomic E-state index is -1.36. The number of anilines is 1. The maximum Gasteiger partial charge on any atom is 0.241 e. The Morgan fingerprint density at radius 2 is 2.06 bits per heavy atom. The molecule has 94 valence electrons. The van der Waals surface area contributed by atoms with Crippen LogP contribution in [0, 0.1) is 17.5 Å². The number of hydrogen-bond donors (Lipinski definition) is 2. The average molecular weight is 246 g/mol. The lowest BCUT2D eigenvalue weighted by molar-refractivity contribution is -0.117. The van der Waals surface area contributed by atoms with Gasteiger partial charge in [-0.1, -0.05) is 13.3 Å². The first kappa shape index (κ1) is 13.5. The molecule has 0 radical (unpaired) electrons. The van der Waals surface area contributed by atoms with E-state index in [0.29, 0.717) is 25.0 Å². The maximum atomic E-state index is 13.2. The molecular weight excluding hydrogens is 233 g/mol. The standard InChI is InChI=1S/C11H13F3N2O/c1-2-3-8(15)11(17)16-9-5-6(12)4-7(13)10(9)14/h4-5,8H,2-3,15H2,1H3,(H,16,17)/t8-/m1/s1. The van der Waals surface area contributed by atoms with Crippen molar-refractivity contribution in [2.45, 2.75) is 25.8 Å². The topological polar surface area (TPSA) is 55.1 Å². The minimum Gasteiger partial charge on any atom is -0.322 e. The number of hydrogen-bond acceptors (Lipinski definition) is 2. The summed E-state index contributed by atoms with van der Waals surface area (Å²) in [6.07, 6.45) is 1.08. The number of amides is 1. The van der Waals surface area contributed by atoms with Gasteiger partial charge in [0.15, 0.2) is 11.6 Å². The van der Waals surface area contributed by atoms with Crippen LogP contribution >= 0.6 is 0 Å². The van der Waals surface area contributed by atoms with E-state index in [-0.39, 0.29) is 0 Å². The molecule has 0 aromatic heterocycles. The molecule has 0 unspecified atom stereocenters. The highest BCUT2D eigenvalue weighted by atomic mass is 19.2. The van der Waals surface area contributed by atoms with Crippen molar-refractivity contribution >= 4 is 11.6 Å². The number of benzene rings is 1. The smallest absolute Gasteiger partial charge is 0.241 e. The molecule has 0 saturated carbocycles. The Hall–Kier alpha value is -1.56. The van der Waals surface area contributed by atoms with Gasteiger partial charge < -0.3 is 11.1 Å². The van der Waals surface area contributed by atoms with Crippen molar-refractivity contribution in [3.8, 4) is 0 Å². The zero-order valence-electron chi connectivity index (χ0n) is 9.27. The van der Waals surface area contributed by atoms with Crippen molar-refractivity contribution in [1.29, 1.82) is 0 Å². The Morgan fingerprint density at radius 3 is 2.65 bits per heavy atom. The second-order valence-electron chi connectivity index (χ2n) is 3.63. The van der Waals surface area contributed by atoms with E-state index in [9.17, 15) is 18.0 Å². The summed E-state index contributed by atoms with van der Waals surface area (Å²) in [6, 6.07) is 0.275. The fourth-order valence-electron chi connectivity index (χ4n) is 1.31. The first-order valence-electron chi connectivity index (χ1n) is 5.16. The van der Waals surface area contributed by atoms with Crippen LogP contribution in [0.3, 0.4) is 0 Å². The average Bonchev–Trinajstić information content (AvgIpc) is 2.25. The van der Waals surface area contributed by atoms with Gasteiger partial charge in [-0.25, -0.2) is 13.2 Å². The molecule has 3 nitrogen and oxygen atoms in total. The monoisotopic (exact) mass is 246 g/mol. The van der Waals surface area contributed by atoms with Crippen LogP contribution in [0.1, 0.15) is 19.8 Å². The van der Waals surface area contributed by atoms with Crippen molar-refractivity contribution in [2.75, 3.05) is 5.32 Å². The first-order chi connectivity index (χ1) is 7.95. The third-order valence-electron chi connectivity index (χ3n) is 2.19. The number of carbonyl (C=O) groups excluding carboxylic acids is 1. The van der Waals surface area contributed by atoms with Crippen LogP contribution < -0.4 is 11.1 Å². The molecule has 6 heteroatoms. The van der Waals surface area contributed by atoms with Crippen LogP contribution in [0.4, 0.5) is 18.9 Å². The van der Waals surface area contributed by atoms with E-state index in [4.69, 9.17) is 5.73 Å². The summed E-state index contributed by atoms with van der Waals surface area (Å²) < 4.78 is 38.9. The predicted molar refractivity (Wildman–Crippen MR) is 57.8 cm³/mol. The molecule has 0 aliphatic carbocycles. The molecule has 1 aromatic carbocycles. The van der Waals surface area contributed by atoms with E-state index in [0.717, 1.165) is 0 Å². The van der Waals surface area contributed by atoms with E-state index in [1.165, 1.54) is 0 Å². The lowest BCUT2D eigenvalue weighted by atomic mass is 10.1. The maximum absolute atomic E-state index is 13.2. The van der Waals surface area contributed by atoms with E-state index in [1.54, 1.807) is 0 Å². The fraction of sp³-hybridized carbons (Fsp3) is 0.364. The lowest BCUT2D eigenvalue weighted by Gasteiger charge is -2.12. The Kier molecular flexibility index (Phi) is 4.51. The van der Waals surface area contributed by atoms with Crippen molar-refractivity contribution < 1.29 is 18.0 Å². The van der Waals surface area contributed by atoms with Gasteiger partial charge in [-0.3, -0.25) is 4.79 Å². The van der Waals surface area contributed by atoms with E-state index >= 15 is 0 Å². The largest absolute Gasteiger partial charge is 0.322 e. The molecule has 0 saturated heterocycles. The normalized spacial score (nSPS) is 12.3. The Morgan fingerprint density at radius 1 is 1.41 bits per heavy atom. The summed E-state index contributed by atoms with van der Waals surface area (Å²) >= 11 is 0. The summed E-state index contributed by atoms with van der Waals surface area (Å²) in [4.78, 5) is 11.4. The second-order valence-corrected chi connectivity index (χ2v) is 3.63. The van der Waals surface area contributed by atoms with Gasteiger partial charge in [0.2, 0.25) is 5.91 Å². The van der Waals surface area contributed by atoms with Gasteiger partial charge >= 0.3 is 0 Å². The third-order valence-corrected chi connectivity index (χ3v) is 2.19. The number of carbonyl (C=O) groups is 1. The van der Waals surface area contributed by atoms with Crippen molar-refractivity contribution in [1.82, 2.24) is 0 Å². The Bertz CT molecular complexity index is 423. The molecule has 1 aromatic rings. The van der Waals surface area contributed by atoms with Crippen molar-refractivity contribution in [3.05, 3.63) is 29.6 Å². The van der Waals surface area contributed by atoms with Gasteiger partial charge in [0.1, 0.15) is 5.82 Å². The molecule has 1 rings (SSSR count). The number of halogens is 3. The molecule has 0 spiro atoms. The number of nitrogens with two attached hydrogens (primary N) is 1. The summed E-state index contributed by atoms with van der Waals surface area (Å²) in [7, 11) is 0. The molecule has 1 atom stereocenters. The zero-order valence-corrected chi connectivity index (χ0v) is 9.27. The highest BCUT2D eigenvalue weighted by molar-refractivity contribution is 5.94. The summed E-state index contributed by atoms with van der Waals surface area (Å²) in [5.74, 6) is -4.30. The third kappa shape index (κ3) is 3.45. The SMILES string of the molecule is CCC[C@@H](N)C(=O)Nc1cc(F)cc(F)c1F. The van der Waals surface area contributed by atoms with Crippen LogP contribution in [0.2, 0.25) is 0 Å². The number of rotatable bonds is 4. The number of nitrogens with one attached hydrogen (secondary N) is 1. The zero-order chi connectivity index (χ0) is 13.0. The summed E-state index contributed by atoms with van der Waals surface area (Å²) in [5.41, 5.74) is 4.94. The van der Waals surface area contributed by atoms with E-state index in [1.807, 2.05) is 6.92 Å². The minimum absolute atomic E-state index is 0.400. The molecular formula is C11H13F3N2O. The van der Waals surface area contributed by atoms with Gasteiger partial charge in [0.25, 0.3) is 0 Å². The molecule has 1 amide bonds. The van der Waals surface area contributed by atoms with Crippen LogP contribution in [0.5, 0.6) is 0 Å².